The Labute approximate surface area is 105 Å². The number of ether oxygens (including phenoxy) is 1. The molecule has 0 radical (unpaired) electrons. The minimum atomic E-state index is -1.46. The van der Waals surface area contributed by atoms with Gasteiger partial charge < -0.3 is 10.5 Å². The fourth-order valence-corrected chi connectivity index (χ4v) is 1.50. The monoisotopic (exact) mass is 315 g/mol. The second-order valence-corrected chi connectivity index (χ2v) is 3.70. The van der Waals surface area contributed by atoms with Crippen molar-refractivity contribution in [2.24, 2.45) is 5.73 Å². The molecule has 16 heavy (non-hydrogen) atoms. The van der Waals surface area contributed by atoms with Gasteiger partial charge in [-0.05, 0) is 12.1 Å². The largest absolute Gasteiger partial charge is 0.468 e. The molecule has 0 spiro atoms. The Balaban J connectivity index is 0.00000225. The summed E-state index contributed by atoms with van der Waals surface area (Å²) in [6.07, 6.45) is 0. The van der Waals surface area contributed by atoms with Crippen molar-refractivity contribution in [2.45, 2.75) is 6.04 Å². The average Bonchev–Trinajstić information content (AvgIpc) is 2.14. The molecule has 2 N–H and O–H groups in total. The first-order chi connectivity index (χ1) is 6.97. The quantitative estimate of drug-likeness (QED) is 0.852. The van der Waals surface area contributed by atoms with E-state index in [0.717, 1.165) is 19.2 Å². The second kappa shape index (κ2) is 6.12. The number of hydrogen-bond acceptors (Lipinski definition) is 3. The third-order valence-electron chi connectivity index (χ3n) is 1.81. The predicted molar refractivity (Wildman–Crippen MR) is 60.3 cm³/mol. The summed E-state index contributed by atoms with van der Waals surface area (Å²) in [6.45, 7) is 0. The number of rotatable bonds is 2. The molecule has 1 aromatic rings. The molecule has 0 saturated heterocycles. The van der Waals surface area contributed by atoms with Crippen molar-refractivity contribution in [3.8, 4) is 0 Å². The lowest BCUT2D eigenvalue weighted by Gasteiger charge is -2.11. The van der Waals surface area contributed by atoms with Crippen LogP contribution >= 0.6 is 28.3 Å². The first-order valence-electron chi connectivity index (χ1n) is 3.95. The lowest BCUT2D eigenvalue weighted by molar-refractivity contribution is -0.142. The first-order valence-corrected chi connectivity index (χ1v) is 4.74. The number of carbonyl (C=O) groups is 1. The van der Waals surface area contributed by atoms with Crippen LogP contribution in [0.25, 0.3) is 0 Å². The van der Waals surface area contributed by atoms with Crippen LogP contribution in [0.4, 0.5) is 8.78 Å². The van der Waals surface area contributed by atoms with E-state index in [1.165, 1.54) is 0 Å². The topological polar surface area (TPSA) is 52.3 Å². The van der Waals surface area contributed by atoms with E-state index in [1.54, 1.807) is 0 Å². The van der Waals surface area contributed by atoms with Gasteiger partial charge in [0.15, 0.2) is 0 Å². The molecule has 0 aliphatic heterocycles. The highest BCUT2D eigenvalue weighted by Crippen LogP contribution is 2.24. The maximum atomic E-state index is 13.3. The number of nitrogens with two attached hydrogens (primary N) is 1. The highest BCUT2D eigenvalue weighted by Gasteiger charge is 2.24. The SMILES string of the molecule is COC(=O)[C@@H](N)c1c(F)cc(Br)cc1F.Cl. The number of carbonyl (C=O) groups excluding carboxylic acids is 1. The normalized spacial score (nSPS) is 11.6. The van der Waals surface area contributed by atoms with Crippen molar-refractivity contribution in [1.82, 2.24) is 0 Å². The summed E-state index contributed by atoms with van der Waals surface area (Å²) in [5, 5.41) is 0. The van der Waals surface area contributed by atoms with Gasteiger partial charge in [0.25, 0.3) is 0 Å². The van der Waals surface area contributed by atoms with Gasteiger partial charge in [-0.1, -0.05) is 15.9 Å². The molecular formula is C9H9BrClF2NO2. The minimum Gasteiger partial charge on any atom is -0.468 e. The molecule has 0 heterocycles. The molecule has 0 amide bonds. The van der Waals surface area contributed by atoms with Crippen LogP contribution < -0.4 is 5.73 Å². The molecule has 1 aromatic carbocycles. The Bertz CT molecular complexity index is 380. The Morgan fingerprint density at radius 2 is 1.88 bits per heavy atom. The summed E-state index contributed by atoms with van der Waals surface area (Å²) < 4.78 is 31.1. The van der Waals surface area contributed by atoms with Crippen LogP contribution in [0, 0.1) is 11.6 Å². The van der Waals surface area contributed by atoms with Crippen LogP contribution in [0.1, 0.15) is 11.6 Å². The summed E-state index contributed by atoms with van der Waals surface area (Å²) >= 11 is 2.91. The molecule has 0 aromatic heterocycles. The molecule has 0 aliphatic rings. The Morgan fingerprint density at radius 1 is 1.44 bits per heavy atom. The molecule has 0 fully saturated rings. The summed E-state index contributed by atoms with van der Waals surface area (Å²) in [5.41, 5.74) is 4.84. The van der Waals surface area contributed by atoms with Crippen LogP contribution in [0.5, 0.6) is 0 Å². The summed E-state index contributed by atoms with van der Waals surface area (Å²) in [7, 11) is 1.09. The molecule has 0 saturated carbocycles. The average molecular weight is 317 g/mol. The van der Waals surface area contributed by atoms with Gasteiger partial charge in [0.1, 0.15) is 17.7 Å². The van der Waals surface area contributed by atoms with Crippen LogP contribution in [0.3, 0.4) is 0 Å². The summed E-state index contributed by atoms with van der Waals surface area (Å²) in [4.78, 5) is 11.0. The van der Waals surface area contributed by atoms with Gasteiger partial charge in [-0.2, -0.15) is 0 Å². The molecule has 3 nitrogen and oxygen atoms in total. The molecule has 90 valence electrons. The van der Waals surface area contributed by atoms with Crippen LogP contribution in [0.2, 0.25) is 0 Å². The van der Waals surface area contributed by atoms with Crippen molar-refractivity contribution >= 4 is 34.3 Å². The molecule has 0 unspecified atom stereocenters. The van der Waals surface area contributed by atoms with Gasteiger partial charge in [0, 0.05) is 4.47 Å². The number of methoxy groups -OCH3 is 1. The van der Waals surface area contributed by atoms with E-state index in [9.17, 15) is 13.6 Å². The van der Waals surface area contributed by atoms with Gasteiger partial charge in [-0.25, -0.2) is 8.78 Å². The Hall–Kier alpha value is -0.720. The van der Waals surface area contributed by atoms with E-state index in [1.807, 2.05) is 0 Å². The van der Waals surface area contributed by atoms with Crippen molar-refractivity contribution in [3.05, 3.63) is 33.8 Å². The van der Waals surface area contributed by atoms with Gasteiger partial charge >= 0.3 is 5.97 Å². The summed E-state index contributed by atoms with van der Waals surface area (Å²) in [6, 6.07) is 0.603. The fourth-order valence-electron chi connectivity index (χ4n) is 1.10. The summed E-state index contributed by atoms with van der Waals surface area (Å²) in [5.74, 6) is -2.67. The highest BCUT2D eigenvalue weighted by molar-refractivity contribution is 9.10. The van der Waals surface area contributed by atoms with E-state index in [2.05, 4.69) is 20.7 Å². The van der Waals surface area contributed by atoms with Crippen molar-refractivity contribution in [1.29, 1.82) is 0 Å². The predicted octanol–water partition coefficient (Wildman–Crippen LogP) is 2.32. The van der Waals surface area contributed by atoms with Gasteiger partial charge in [-0.3, -0.25) is 4.79 Å². The first kappa shape index (κ1) is 15.3. The molecule has 1 atom stereocenters. The number of halogens is 4. The zero-order valence-corrected chi connectivity index (χ0v) is 10.6. The zero-order valence-electron chi connectivity index (χ0n) is 8.17. The van der Waals surface area contributed by atoms with E-state index in [0.29, 0.717) is 0 Å². The van der Waals surface area contributed by atoms with E-state index in [4.69, 9.17) is 5.73 Å². The number of hydrogen-bond donors (Lipinski definition) is 1. The number of benzene rings is 1. The third-order valence-corrected chi connectivity index (χ3v) is 2.27. The molecule has 0 aliphatic carbocycles. The van der Waals surface area contributed by atoms with Crippen LogP contribution in [-0.4, -0.2) is 13.1 Å². The highest BCUT2D eigenvalue weighted by atomic mass is 79.9. The molecule has 7 heteroatoms. The van der Waals surface area contributed by atoms with Gasteiger partial charge in [0.05, 0.1) is 12.7 Å². The van der Waals surface area contributed by atoms with Crippen molar-refractivity contribution in [3.63, 3.8) is 0 Å². The van der Waals surface area contributed by atoms with Gasteiger partial charge in [0.2, 0.25) is 0 Å². The Morgan fingerprint density at radius 3 is 2.25 bits per heavy atom. The van der Waals surface area contributed by atoms with E-state index < -0.39 is 29.2 Å². The van der Waals surface area contributed by atoms with E-state index in [-0.39, 0.29) is 16.9 Å². The maximum absolute atomic E-state index is 13.3. The molecule has 0 bridgehead atoms. The standard InChI is InChI=1S/C9H8BrF2NO2.ClH/c1-15-9(14)8(13)7-5(11)2-4(10)3-6(7)12;/h2-3,8H,13H2,1H3;1H/t8-;/m0./s1. The van der Waals surface area contributed by atoms with Crippen LogP contribution in [0.15, 0.2) is 16.6 Å². The zero-order chi connectivity index (χ0) is 11.6. The minimum absolute atomic E-state index is 0. The Kier molecular flexibility index (Phi) is 5.85. The van der Waals surface area contributed by atoms with Crippen molar-refractivity contribution < 1.29 is 18.3 Å². The lowest BCUT2D eigenvalue weighted by Crippen LogP contribution is -2.24. The maximum Gasteiger partial charge on any atom is 0.327 e. The smallest absolute Gasteiger partial charge is 0.327 e. The second-order valence-electron chi connectivity index (χ2n) is 2.78. The third kappa shape index (κ3) is 3.13. The van der Waals surface area contributed by atoms with E-state index >= 15 is 0 Å². The van der Waals surface area contributed by atoms with Crippen LogP contribution in [-0.2, 0) is 9.53 Å². The fraction of sp³-hybridized carbons (Fsp3) is 0.222. The van der Waals surface area contributed by atoms with Crippen molar-refractivity contribution in [2.75, 3.05) is 7.11 Å². The lowest BCUT2D eigenvalue weighted by atomic mass is 10.1. The van der Waals surface area contributed by atoms with Gasteiger partial charge in [-0.15, -0.1) is 12.4 Å². The molecular weight excluding hydrogens is 307 g/mol. The molecule has 1 rings (SSSR count). The number of esters is 1.